The topological polar surface area (TPSA) is 33.1 Å². The molecular weight excluding hydrogens is 316 g/mol. The van der Waals surface area contributed by atoms with Gasteiger partial charge in [0.15, 0.2) is 0 Å². The summed E-state index contributed by atoms with van der Waals surface area (Å²) >= 11 is 3.69. The minimum atomic E-state index is 0.889. The van der Waals surface area contributed by atoms with Crippen LogP contribution in [-0.4, -0.2) is 40.9 Å². The monoisotopic (exact) mass is 344 g/mol. The third-order valence-electron chi connectivity index (χ3n) is 3.71. The number of hydrogen-bond donors (Lipinski definition) is 1. The van der Waals surface area contributed by atoms with Crippen molar-refractivity contribution in [3.05, 3.63) is 15.9 Å². The number of halogens is 1. The maximum atomic E-state index is 4.62. The van der Waals surface area contributed by atoms with Crippen LogP contribution in [0.1, 0.15) is 45.5 Å². The van der Waals surface area contributed by atoms with E-state index in [1.54, 1.807) is 0 Å². The van der Waals surface area contributed by atoms with Gasteiger partial charge in [-0.3, -0.25) is 4.68 Å². The highest BCUT2D eigenvalue weighted by Gasteiger charge is 2.12. The van der Waals surface area contributed by atoms with Gasteiger partial charge in [-0.2, -0.15) is 5.10 Å². The van der Waals surface area contributed by atoms with Gasteiger partial charge in [-0.05, 0) is 61.9 Å². The average Bonchev–Trinajstić information content (AvgIpc) is 2.79. The second-order valence-corrected chi connectivity index (χ2v) is 5.73. The van der Waals surface area contributed by atoms with Crippen LogP contribution < -0.4 is 5.32 Å². The smallest absolute Gasteiger partial charge is 0.0767 e. The molecular formula is C15H29BrN4. The van der Waals surface area contributed by atoms with Gasteiger partial charge in [0.2, 0.25) is 0 Å². The Kier molecular flexibility index (Phi) is 8.41. The van der Waals surface area contributed by atoms with Crippen LogP contribution in [0.2, 0.25) is 0 Å². The van der Waals surface area contributed by atoms with Crippen LogP contribution in [0, 0.1) is 0 Å². The number of nitrogens with one attached hydrogen (secondary N) is 1. The summed E-state index contributed by atoms with van der Waals surface area (Å²) in [5, 5.41) is 8.16. The quantitative estimate of drug-likeness (QED) is 0.662. The van der Waals surface area contributed by atoms with Crippen molar-refractivity contribution in [3.63, 3.8) is 0 Å². The summed E-state index contributed by atoms with van der Waals surface area (Å²) in [6.45, 7) is 15.1. The predicted molar refractivity (Wildman–Crippen MR) is 89.1 cm³/mol. The molecule has 1 aromatic heterocycles. The lowest BCUT2D eigenvalue weighted by Crippen LogP contribution is -2.27. The molecule has 0 aliphatic carbocycles. The molecule has 0 aromatic carbocycles. The van der Waals surface area contributed by atoms with E-state index in [9.17, 15) is 0 Å². The zero-order valence-electron chi connectivity index (χ0n) is 13.4. The molecule has 0 unspecified atom stereocenters. The van der Waals surface area contributed by atoms with Crippen molar-refractivity contribution in [1.82, 2.24) is 20.0 Å². The maximum Gasteiger partial charge on any atom is 0.0767 e. The lowest BCUT2D eigenvalue weighted by Gasteiger charge is -2.17. The van der Waals surface area contributed by atoms with Gasteiger partial charge in [0.1, 0.15) is 0 Å². The van der Waals surface area contributed by atoms with Crippen molar-refractivity contribution in [1.29, 1.82) is 0 Å². The molecule has 0 bridgehead atoms. The van der Waals surface area contributed by atoms with E-state index in [4.69, 9.17) is 0 Å². The van der Waals surface area contributed by atoms with Crippen molar-refractivity contribution in [2.75, 3.05) is 26.2 Å². The van der Waals surface area contributed by atoms with Crippen LogP contribution in [0.3, 0.4) is 0 Å². The van der Waals surface area contributed by atoms with Gasteiger partial charge in [0.05, 0.1) is 15.9 Å². The zero-order chi connectivity index (χ0) is 15.0. The first kappa shape index (κ1) is 17.7. The first-order chi connectivity index (χ1) is 9.67. The molecule has 0 fully saturated rings. The third kappa shape index (κ3) is 4.86. The molecule has 0 aliphatic rings. The number of aryl methyl sites for hydroxylation is 2. The molecule has 0 radical (unpaired) electrons. The van der Waals surface area contributed by atoms with Crippen LogP contribution >= 0.6 is 15.9 Å². The SMILES string of the molecule is CCc1nn(CC)c(CNCCCN(CC)CC)c1Br. The van der Waals surface area contributed by atoms with Crippen molar-refractivity contribution in [3.8, 4) is 0 Å². The molecule has 20 heavy (non-hydrogen) atoms. The predicted octanol–water partition coefficient (Wildman–Crippen LogP) is 3.05. The molecule has 0 saturated carbocycles. The van der Waals surface area contributed by atoms with E-state index in [0.29, 0.717) is 0 Å². The molecule has 0 atom stereocenters. The summed E-state index contributed by atoms with van der Waals surface area (Å²) in [6, 6.07) is 0. The Morgan fingerprint density at radius 3 is 2.45 bits per heavy atom. The lowest BCUT2D eigenvalue weighted by atomic mass is 10.3. The Morgan fingerprint density at radius 2 is 1.90 bits per heavy atom. The van der Waals surface area contributed by atoms with Gasteiger partial charge in [-0.15, -0.1) is 0 Å². The van der Waals surface area contributed by atoms with Gasteiger partial charge in [-0.1, -0.05) is 20.8 Å². The number of nitrogens with zero attached hydrogens (tertiary/aromatic N) is 3. The zero-order valence-corrected chi connectivity index (χ0v) is 15.0. The highest BCUT2D eigenvalue weighted by Crippen LogP contribution is 2.22. The van der Waals surface area contributed by atoms with E-state index in [-0.39, 0.29) is 0 Å². The summed E-state index contributed by atoms with van der Waals surface area (Å²) in [4.78, 5) is 2.46. The Hall–Kier alpha value is -0.390. The van der Waals surface area contributed by atoms with Gasteiger partial charge in [0.25, 0.3) is 0 Å². The van der Waals surface area contributed by atoms with Gasteiger partial charge in [-0.25, -0.2) is 0 Å². The molecule has 4 nitrogen and oxygen atoms in total. The summed E-state index contributed by atoms with van der Waals surface area (Å²) in [5.41, 5.74) is 2.43. The van der Waals surface area contributed by atoms with Gasteiger partial charge >= 0.3 is 0 Å². The van der Waals surface area contributed by atoms with E-state index in [1.807, 2.05) is 0 Å². The second kappa shape index (κ2) is 9.53. The Morgan fingerprint density at radius 1 is 1.20 bits per heavy atom. The standard InChI is InChI=1S/C15H29BrN4/c1-5-13-15(16)14(20(8-4)18-13)12-17-10-9-11-19(6-2)7-3/h17H,5-12H2,1-4H3. The second-order valence-electron chi connectivity index (χ2n) is 4.93. The minimum absolute atomic E-state index is 0.889. The van der Waals surface area contributed by atoms with Crippen molar-refractivity contribution in [2.24, 2.45) is 0 Å². The summed E-state index contributed by atoms with van der Waals surface area (Å²) < 4.78 is 3.28. The van der Waals surface area contributed by atoms with E-state index in [2.05, 4.69) is 63.6 Å². The lowest BCUT2D eigenvalue weighted by molar-refractivity contribution is 0.297. The van der Waals surface area contributed by atoms with Crippen LogP contribution in [0.25, 0.3) is 0 Å². The number of hydrogen-bond acceptors (Lipinski definition) is 3. The summed E-state index contributed by atoms with van der Waals surface area (Å²) in [6.07, 6.45) is 2.17. The number of rotatable bonds is 10. The van der Waals surface area contributed by atoms with Crippen LogP contribution in [0.15, 0.2) is 4.47 Å². The Balaban J connectivity index is 2.40. The first-order valence-corrected chi connectivity index (χ1v) is 8.64. The molecule has 0 aliphatic heterocycles. The summed E-state index contributed by atoms with van der Waals surface area (Å²) in [5.74, 6) is 0. The van der Waals surface area contributed by atoms with Crippen LogP contribution in [-0.2, 0) is 19.5 Å². The van der Waals surface area contributed by atoms with E-state index < -0.39 is 0 Å². The molecule has 0 amide bonds. The molecule has 5 heteroatoms. The van der Waals surface area contributed by atoms with E-state index in [0.717, 1.165) is 44.8 Å². The Bertz CT molecular complexity index is 385. The fourth-order valence-corrected chi connectivity index (χ4v) is 3.06. The average molecular weight is 345 g/mol. The highest BCUT2D eigenvalue weighted by molar-refractivity contribution is 9.10. The Labute approximate surface area is 132 Å². The fourth-order valence-electron chi connectivity index (χ4n) is 2.36. The molecule has 1 N–H and O–H groups in total. The van der Waals surface area contributed by atoms with Crippen molar-refractivity contribution >= 4 is 15.9 Å². The van der Waals surface area contributed by atoms with Crippen molar-refractivity contribution in [2.45, 2.75) is 53.6 Å². The minimum Gasteiger partial charge on any atom is -0.311 e. The molecule has 0 spiro atoms. The van der Waals surface area contributed by atoms with Crippen molar-refractivity contribution < 1.29 is 0 Å². The largest absolute Gasteiger partial charge is 0.311 e. The normalized spacial score (nSPS) is 11.5. The number of aromatic nitrogens is 2. The van der Waals surface area contributed by atoms with Gasteiger partial charge in [0, 0.05) is 13.1 Å². The van der Waals surface area contributed by atoms with Crippen LogP contribution in [0.4, 0.5) is 0 Å². The molecule has 116 valence electrons. The van der Waals surface area contributed by atoms with E-state index in [1.165, 1.54) is 23.1 Å². The van der Waals surface area contributed by atoms with Gasteiger partial charge < -0.3 is 10.2 Å². The van der Waals surface area contributed by atoms with Crippen LogP contribution in [0.5, 0.6) is 0 Å². The molecule has 1 rings (SSSR count). The molecule has 1 heterocycles. The fraction of sp³-hybridized carbons (Fsp3) is 0.800. The third-order valence-corrected chi connectivity index (χ3v) is 4.62. The molecule has 1 aromatic rings. The maximum absolute atomic E-state index is 4.62. The highest BCUT2D eigenvalue weighted by atomic mass is 79.9. The van der Waals surface area contributed by atoms with E-state index >= 15 is 0 Å². The first-order valence-electron chi connectivity index (χ1n) is 7.84. The molecule has 0 saturated heterocycles. The summed E-state index contributed by atoms with van der Waals surface area (Å²) in [7, 11) is 0.